The predicted molar refractivity (Wildman–Crippen MR) is 88.6 cm³/mol. The molecule has 0 atom stereocenters. The fraction of sp³-hybridized carbons (Fsp3) is 0.667. The average Bonchev–Trinajstić information content (AvgIpc) is 2.45. The number of unbranched alkanes of at least 4 members (excludes halogenated alkanes) is 6. The molecule has 0 fully saturated rings. The van der Waals surface area contributed by atoms with E-state index in [1.165, 1.54) is 51.4 Å². The van der Waals surface area contributed by atoms with E-state index in [1.54, 1.807) is 6.07 Å². The largest absolute Gasteiger partial charge is 0.508 e. The van der Waals surface area contributed by atoms with Crippen LogP contribution in [0.4, 0.5) is 5.69 Å². The van der Waals surface area contributed by atoms with Crippen LogP contribution in [-0.4, -0.2) is 18.2 Å². The third-order valence-corrected chi connectivity index (χ3v) is 3.76. The summed E-state index contributed by atoms with van der Waals surface area (Å²) in [6.07, 6.45) is 10.3. The SMILES string of the molecule is CCCCCCN(CCCCCC)c1cccc(O)c1. The lowest BCUT2D eigenvalue weighted by atomic mass is 10.1. The van der Waals surface area contributed by atoms with Gasteiger partial charge in [0.15, 0.2) is 0 Å². The molecule has 0 bridgehead atoms. The van der Waals surface area contributed by atoms with Crippen LogP contribution < -0.4 is 4.90 Å². The van der Waals surface area contributed by atoms with E-state index >= 15 is 0 Å². The van der Waals surface area contributed by atoms with Crippen LogP contribution in [0.1, 0.15) is 65.2 Å². The molecule has 0 saturated carbocycles. The highest BCUT2D eigenvalue weighted by atomic mass is 16.3. The van der Waals surface area contributed by atoms with Crippen molar-refractivity contribution in [2.45, 2.75) is 65.2 Å². The molecule has 0 aliphatic heterocycles. The van der Waals surface area contributed by atoms with Crippen molar-refractivity contribution >= 4 is 5.69 Å². The Labute approximate surface area is 124 Å². The first kappa shape index (κ1) is 16.9. The van der Waals surface area contributed by atoms with Crippen LogP contribution in [-0.2, 0) is 0 Å². The van der Waals surface area contributed by atoms with Crippen LogP contribution in [0.15, 0.2) is 24.3 Å². The Morgan fingerprint density at radius 2 is 1.45 bits per heavy atom. The first-order valence-electron chi connectivity index (χ1n) is 8.32. The van der Waals surface area contributed by atoms with Gasteiger partial charge in [0.1, 0.15) is 5.75 Å². The Hall–Kier alpha value is -1.18. The van der Waals surface area contributed by atoms with Crippen molar-refractivity contribution < 1.29 is 5.11 Å². The quantitative estimate of drug-likeness (QED) is 0.550. The van der Waals surface area contributed by atoms with E-state index in [4.69, 9.17) is 0 Å². The van der Waals surface area contributed by atoms with Crippen LogP contribution >= 0.6 is 0 Å². The molecule has 114 valence electrons. The van der Waals surface area contributed by atoms with Gasteiger partial charge in [0.2, 0.25) is 0 Å². The van der Waals surface area contributed by atoms with E-state index in [0.29, 0.717) is 5.75 Å². The van der Waals surface area contributed by atoms with E-state index in [0.717, 1.165) is 18.8 Å². The fourth-order valence-electron chi connectivity index (χ4n) is 2.52. The van der Waals surface area contributed by atoms with E-state index in [9.17, 15) is 5.11 Å². The van der Waals surface area contributed by atoms with Crippen LogP contribution in [0.3, 0.4) is 0 Å². The monoisotopic (exact) mass is 277 g/mol. The minimum absolute atomic E-state index is 0.370. The molecule has 2 heteroatoms. The number of phenols is 1. The number of phenolic OH excluding ortho intramolecular Hbond substituents is 1. The summed E-state index contributed by atoms with van der Waals surface area (Å²) in [4.78, 5) is 2.44. The highest BCUT2D eigenvalue weighted by Gasteiger charge is 2.06. The lowest BCUT2D eigenvalue weighted by Gasteiger charge is -2.25. The van der Waals surface area contributed by atoms with Crippen molar-refractivity contribution in [3.8, 4) is 5.75 Å². The van der Waals surface area contributed by atoms with E-state index in [1.807, 2.05) is 12.1 Å². The number of aromatic hydroxyl groups is 1. The second-order valence-electron chi connectivity index (χ2n) is 5.63. The van der Waals surface area contributed by atoms with Gasteiger partial charge < -0.3 is 10.0 Å². The van der Waals surface area contributed by atoms with E-state index in [2.05, 4.69) is 24.8 Å². The highest BCUT2D eigenvalue weighted by Crippen LogP contribution is 2.21. The van der Waals surface area contributed by atoms with Crippen LogP contribution in [0.25, 0.3) is 0 Å². The molecule has 1 rings (SSSR count). The fourth-order valence-corrected chi connectivity index (χ4v) is 2.52. The smallest absolute Gasteiger partial charge is 0.117 e. The van der Waals surface area contributed by atoms with Crippen LogP contribution in [0.5, 0.6) is 5.75 Å². The van der Waals surface area contributed by atoms with Gasteiger partial charge in [0, 0.05) is 24.8 Å². The first-order chi connectivity index (χ1) is 9.77. The zero-order chi connectivity index (χ0) is 14.6. The van der Waals surface area contributed by atoms with Crippen molar-refractivity contribution in [2.24, 2.45) is 0 Å². The maximum absolute atomic E-state index is 9.65. The van der Waals surface area contributed by atoms with Gasteiger partial charge in [-0.05, 0) is 25.0 Å². The maximum Gasteiger partial charge on any atom is 0.117 e. The summed E-state index contributed by atoms with van der Waals surface area (Å²) in [7, 11) is 0. The van der Waals surface area contributed by atoms with Crippen molar-refractivity contribution in [1.82, 2.24) is 0 Å². The Bertz CT molecular complexity index is 339. The van der Waals surface area contributed by atoms with Gasteiger partial charge in [0.05, 0.1) is 0 Å². The number of anilines is 1. The highest BCUT2D eigenvalue weighted by molar-refractivity contribution is 5.50. The summed E-state index contributed by atoms with van der Waals surface area (Å²) in [5.74, 6) is 0.370. The third-order valence-electron chi connectivity index (χ3n) is 3.76. The molecule has 0 aliphatic rings. The summed E-state index contributed by atoms with van der Waals surface area (Å²) in [6, 6.07) is 7.69. The molecule has 2 nitrogen and oxygen atoms in total. The summed E-state index contributed by atoms with van der Waals surface area (Å²) in [6.45, 7) is 6.71. The van der Waals surface area contributed by atoms with Gasteiger partial charge in [-0.1, -0.05) is 58.4 Å². The molecule has 0 unspecified atom stereocenters. The Kier molecular flexibility index (Phi) is 8.93. The normalized spacial score (nSPS) is 10.7. The summed E-state index contributed by atoms with van der Waals surface area (Å²) in [5.41, 5.74) is 1.16. The van der Waals surface area contributed by atoms with Gasteiger partial charge in [-0.2, -0.15) is 0 Å². The van der Waals surface area contributed by atoms with Gasteiger partial charge >= 0.3 is 0 Å². The molecular weight excluding hydrogens is 246 g/mol. The summed E-state index contributed by atoms with van der Waals surface area (Å²) < 4.78 is 0. The predicted octanol–water partition coefficient (Wildman–Crippen LogP) is 5.36. The molecule has 1 aromatic rings. The van der Waals surface area contributed by atoms with Crippen molar-refractivity contribution in [1.29, 1.82) is 0 Å². The van der Waals surface area contributed by atoms with Gasteiger partial charge in [-0.3, -0.25) is 0 Å². The molecule has 0 aliphatic carbocycles. The second kappa shape index (κ2) is 10.6. The summed E-state index contributed by atoms with van der Waals surface area (Å²) >= 11 is 0. The average molecular weight is 277 g/mol. The van der Waals surface area contributed by atoms with Gasteiger partial charge in [-0.25, -0.2) is 0 Å². The van der Waals surface area contributed by atoms with E-state index in [-0.39, 0.29) is 0 Å². The van der Waals surface area contributed by atoms with Crippen molar-refractivity contribution in [2.75, 3.05) is 18.0 Å². The number of hydrogen-bond acceptors (Lipinski definition) is 2. The topological polar surface area (TPSA) is 23.5 Å². The number of benzene rings is 1. The first-order valence-corrected chi connectivity index (χ1v) is 8.32. The Morgan fingerprint density at radius 3 is 1.95 bits per heavy atom. The number of rotatable bonds is 11. The Balaban J connectivity index is 2.49. The zero-order valence-corrected chi connectivity index (χ0v) is 13.3. The third kappa shape index (κ3) is 6.83. The molecule has 1 N–H and O–H groups in total. The minimum Gasteiger partial charge on any atom is -0.508 e. The molecule has 0 aromatic heterocycles. The molecule has 1 aromatic carbocycles. The molecule has 0 spiro atoms. The molecule has 0 saturated heterocycles. The minimum atomic E-state index is 0.370. The molecule has 0 heterocycles. The summed E-state index contributed by atoms with van der Waals surface area (Å²) in [5, 5.41) is 9.65. The zero-order valence-electron chi connectivity index (χ0n) is 13.3. The lowest BCUT2D eigenvalue weighted by Crippen LogP contribution is -2.25. The van der Waals surface area contributed by atoms with Gasteiger partial charge in [-0.15, -0.1) is 0 Å². The van der Waals surface area contributed by atoms with Crippen LogP contribution in [0, 0.1) is 0 Å². The van der Waals surface area contributed by atoms with Crippen molar-refractivity contribution in [3.63, 3.8) is 0 Å². The number of hydrogen-bond donors (Lipinski definition) is 1. The van der Waals surface area contributed by atoms with Gasteiger partial charge in [0.25, 0.3) is 0 Å². The van der Waals surface area contributed by atoms with Crippen molar-refractivity contribution in [3.05, 3.63) is 24.3 Å². The molecule has 20 heavy (non-hydrogen) atoms. The maximum atomic E-state index is 9.65. The second-order valence-corrected chi connectivity index (χ2v) is 5.63. The van der Waals surface area contributed by atoms with E-state index < -0.39 is 0 Å². The lowest BCUT2D eigenvalue weighted by molar-refractivity contribution is 0.475. The van der Waals surface area contributed by atoms with Crippen LogP contribution in [0.2, 0.25) is 0 Å². The Morgan fingerprint density at radius 1 is 0.850 bits per heavy atom. The molecular formula is C18H31NO. The molecule has 0 radical (unpaired) electrons. The standard InChI is InChI=1S/C18H31NO/c1-3-5-7-9-14-19(15-10-8-6-4-2)17-12-11-13-18(20)16-17/h11-13,16,20H,3-10,14-15H2,1-2H3. The molecule has 0 amide bonds. The number of nitrogens with zero attached hydrogens (tertiary/aromatic N) is 1.